The second kappa shape index (κ2) is 8.35. The fourth-order valence-electron chi connectivity index (χ4n) is 2.34. The van der Waals surface area contributed by atoms with Gasteiger partial charge in [-0.2, -0.15) is 5.10 Å². The molecule has 1 amide bonds. The fourth-order valence-corrected chi connectivity index (χ4v) is 2.47. The molecule has 0 unspecified atom stereocenters. The summed E-state index contributed by atoms with van der Waals surface area (Å²) in [5.41, 5.74) is -0.428. The van der Waals surface area contributed by atoms with Crippen LogP contribution in [0.25, 0.3) is 0 Å². The van der Waals surface area contributed by atoms with E-state index in [1.54, 1.807) is 24.3 Å². The SMILES string of the molecule is O=C(Cn1cc([N+](=O)[O-])cn1)Nc1cc(Oc2ccc(Cl)cc2)cc([N+](=O)[O-])c1. The van der Waals surface area contributed by atoms with Crippen molar-refractivity contribution in [1.29, 1.82) is 0 Å². The Hall–Kier alpha value is -3.99. The molecule has 0 saturated carbocycles. The van der Waals surface area contributed by atoms with Gasteiger partial charge in [0, 0.05) is 17.2 Å². The number of amides is 1. The van der Waals surface area contributed by atoms with E-state index >= 15 is 0 Å². The molecule has 29 heavy (non-hydrogen) atoms. The van der Waals surface area contributed by atoms with Gasteiger partial charge in [-0.25, -0.2) is 0 Å². The lowest BCUT2D eigenvalue weighted by atomic mass is 10.2. The van der Waals surface area contributed by atoms with Crippen molar-refractivity contribution in [3.63, 3.8) is 0 Å². The van der Waals surface area contributed by atoms with Crippen LogP contribution in [0.5, 0.6) is 11.5 Å². The Kier molecular flexibility index (Phi) is 5.69. The molecular weight excluding hydrogens is 406 g/mol. The monoisotopic (exact) mass is 417 g/mol. The number of ether oxygens (including phenoxy) is 1. The zero-order valence-electron chi connectivity index (χ0n) is 14.5. The normalized spacial score (nSPS) is 10.4. The summed E-state index contributed by atoms with van der Waals surface area (Å²) in [6.45, 7) is -0.316. The number of nitrogens with zero attached hydrogens (tertiary/aromatic N) is 4. The second-order valence-electron chi connectivity index (χ2n) is 5.73. The fraction of sp³-hybridized carbons (Fsp3) is 0.0588. The lowest BCUT2D eigenvalue weighted by molar-refractivity contribution is -0.385. The van der Waals surface area contributed by atoms with Crippen LogP contribution in [0.15, 0.2) is 54.9 Å². The largest absolute Gasteiger partial charge is 0.457 e. The molecule has 1 N–H and O–H groups in total. The first kappa shape index (κ1) is 19.8. The van der Waals surface area contributed by atoms with Gasteiger partial charge >= 0.3 is 5.69 Å². The van der Waals surface area contributed by atoms with Crippen molar-refractivity contribution in [3.05, 3.63) is 80.1 Å². The lowest BCUT2D eigenvalue weighted by Gasteiger charge is -2.09. The molecule has 0 saturated heterocycles. The van der Waals surface area contributed by atoms with Crippen molar-refractivity contribution in [3.8, 4) is 11.5 Å². The number of carbonyl (C=O) groups excluding carboxylic acids is 1. The molecule has 0 aliphatic heterocycles. The summed E-state index contributed by atoms with van der Waals surface area (Å²) < 4.78 is 6.67. The number of nitro benzene ring substituents is 1. The standard InChI is InChI=1S/C17H12ClN5O6/c18-11-1-3-15(4-2-11)29-16-6-12(5-13(7-16)22(25)26)20-17(24)10-21-9-14(8-19-21)23(27)28/h1-9H,10H2,(H,20,24). The molecule has 3 aromatic rings. The Morgan fingerprint density at radius 1 is 1.07 bits per heavy atom. The van der Waals surface area contributed by atoms with Gasteiger partial charge in [0.15, 0.2) is 0 Å². The molecule has 0 aliphatic carbocycles. The zero-order chi connectivity index (χ0) is 21.0. The molecule has 12 heteroatoms. The Labute approximate surface area is 167 Å². The Balaban J connectivity index is 1.77. The predicted octanol–water partition coefficient (Wildman–Crippen LogP) is 3.78. The zero-order valence-corrected chi connectivity index (χ0v) is 15.3. The van der Waals surface area contributed by atoms with E-state index in [2.05, 4.69) is 10.4 Å². The minimum atomic E-state index is -0.637. The molecule has 2 aromatic carbocycles. The summed E-state index contributed by atoms with van der Waals surface area (Å²) in [7, 11) is 0. The van der Waals surface area contributed by atoms with Crippen LogP contribution in [0.1, 0.15) is 0 Å². The summed E-state index contributed by atoms with van der Waals surface area (Å²) >= 11 is 5.81. The van der Waals surface area contributed by atoms with Crippen LogP contribution >= 0.6 is 11.6 Å². The van der Waals surface area contributed by atoms with E-state index < -0.39 is 15.8 Å². The highest BCUT2D eigenvalue weighted by Crippen LogP contribution is 2.30. The maximum absolute atomic E-state index is 12.2. The molecule has 1 heterocycles. The van der Waals surface area contributed by atoms with Gasteiger partial charge in [-0.15, -0.1) is 0 Å². The second-order valence-corrected chi connectivity index (χ2v) is 6.17. The van der Waals surface area contributed by atoms with Gasteiger partial charge in [-0.1, -0.05) is 11.6 Å². The quantitative estimate of drug-likeness (QED) is 0.455. The van der Waals surface area contributed by atoms with Gasteiger partial charge in [0.2, 0.25) is 5.91 Å². The highest BCUT2D eigenvalue weighted by atomic mass is 35.5. The van der Waals surface area contributed by atoms with E-state index in [1.807, 2.05) is 0 Å². The third-order valence-electron chi connectivity index (χ3n) is 3.57. The summed E-state index contributed by atoms with van der Waals surface area (Å²) in [5.74, 6) is -0.0523. The molecular formula is C17H12ClN5O6. The van der Waals surface area contributed by atoms with E-state index in [0.717, 1.165) is 23.1 Å². The lowest BCUT2D eigenvalue weighted by Crippen LogP contribution is -2.19. The molecule has 148 valence electrons. The first-order valence-electron chi connectivity index (χ1n) is 8.00. The maximum Gasteiger partial charge on any atom is 0.307 e. The van der Waals surface area contributed by atoms with Crippen molar-refractivity contribution in [1.82, 2.24) is 9.78 Å². The molecule has 3 rings (SSSR count). The molecule has 11 nitrogen and oxygen atoms in total. The van der Waals surface area contributed by atoms with E-state index in [9.17, 15) is 25.0 Å². The Bertz CT molecular complexity index is 1080. The number of non-ortho nitro benzene ring substituents is 1. The van der Waals surface area contributed by atoms with Crippen LogP contribution in [-0.2, 0) is 11.3 Å². The third kappa shape index (κ3) is 5.26. The topological polar surface area (TPSA) is 142 Å². The highest BCUT2D eigenvalue weighted by molar-refractivity contribution is 6.30. The number of rotatable bonds is 7. The molecule has 0 radical (unpaired) electrons. The molecule has 1 aromatic heterocycles. The number of anilines is 1. The Morgan fingerprint density at radius 3 is 2.38 bits per heavy atom. The molecule has 0 aliphatic rings. The van der Waals surface area contributed by atoms with Crippen molar-refractivity contribution in [2.24, 2.45) is 0 Å². The number of nitro groups is 2. The smallest absolute Gasteiger partial charge is 0.307 e. The first-order valence-corrected chi connectivity index (χ1v) is 8.37. The number of hydrogen-bond acceptors (Lipinski definition) is 7. The van der Waals surface area contributed by atoms with Crippen LogP contribution in [0.3, 0.4) is 0 Å². The summed E-state index contributed by atoms with van der Waals surface area (Å²) in [6, 6.07) is 10.2. The van der Waals surface area contributed by atoms with Crippen LogP contribution in [0, 0.1) is 20.2 Å². The van der Waals surface area contributed by atoms with Gasteiger partial charge in [-0.05, 0) is 24.3 Å². The van der Waals surface area contributed by atoms with Gasteiger partial charge in [-0.3, -0.25) is 29.7 Å². The average Bonchev–Trinajstić information content (AvgIpc) is 3.12. The summed E-state index contributed by atoms with van der Waals surface area (Å²) in [4.78, 5) is 32.8. The minimum Gasteiger partial charge on any atom is -0.457 e. The molecule has 0 bridgehead atoms. The molecule has 0 fully saturated rings. The average molecular weight is 418 g/mol. The summed E-state index contributed by atoms with van der Waals surface area (Å²) in [5, 5.41) is 28.6. The van der Waals surface area contributed by atoms with E-state index in [-0.39, 0.29) is 29.4 Å². The van der Waals surface area contributed by atoms with Crippen molar-refractivity contribution < 1.29 is 19.4 Å². The van der Waals surface area contributed by atoms with Crippen LogP contribution in [0.4, 0.5) is 17.1 Å². The number of nitrogens with one attached hydrogen (secondary N) is 1. The number of halogens is 1. The van der Waals surface area contributed by atoms with Crippen LogP contribution in [-0.4, -0.2) is 25.5 Å². The number of carbonyl (C=O) groups is 1. The number of hydrogen-bond donors (Lipinski definition) is 1. The van der Waals surface area contributed by atoms with Crippen molar-refractivity contribution >= 4 is 34.6 Å². The van der Waals surface area contributed by atoms with E-state index in [4.69, 9.17) is 16.3 Å². The Morgan fingerprint density at radius 2 is 1.76 bits per heavy atom. The number of benzene rings is 2. The van der Waals surface area contributed by atoms with Crippen molar-refractivity contribution in [2.75, 3.05) is 5.32 Å². The minimum absolute atomic E-state index is 0.120. The summed E-state index contributed by atoms with van der Waals surface area (Å²) in [6.07, 6.45) is 2.11. The van der Waals surface area contributed by atoms with Crippen LogP contribution in [0.2, 0.25) is 5.02 Å². The highest BCUT2D eigenvalue weighted by Gasteiger charge is 2.15. The van der Waals surface area contributed by atoms with Gasteiger partial charge in [0.1, 0.15) is 30.4 Å². The molecule has 0 atom stereocenters. The van der Waals surface area contributed by atoms with Crippen LogP contribution < -0.4 is 10.1 Å². The number of aromatic nitrogens is 2. The van der Waals surface area contributed by atoms with Gasteiger partial charge in [0.05, 0.1) is 21.6 Å². The molecule has 0 spiro atoms. The van der Waals surface area contributed by atoms with Crippen molar-refractivity contribution in [2.45, 2.75) is 6.54 Å². The van der Waals surface area contributed by atoms with E-state index in [0.29, 0.717) is 10.8 Å². The van der Waals surface area contributed by atoms with E-state index in [1.165, 1.54) is 12.1 Å². The maximum atomic E-state index is 12.2. The third-order valence-corrected chi connectivity index (χ3v) is 3.82. The first-order chi connectivity index (χ1) is 13.8. The van der Waals surface area contributed by atoms with Gasteiger partial charge < -0.3 is 10.1 Å². The van der Waals surface area contributed by atoms with Gasteiger partial charge in [0.25, 0.3) is 5.69 Å². The predicted molar refractivity (Wildman–Crippen MR) is 102 cm³/mol.